The first-order valence-corrected chi connectivity index (χ1v) is 9.71. The van der Waals surface area contributed by atoms with Gasteiger partial charge < -0.3 is 16.0 Å². The van der Waals surface area contributed by atoms with Crippen molar-refractivity contribution in [3.05, 3.63) is 0 Å². The van der Waals surface area contributed by atoms with Crippen molar-refractivity contribution in [2.75, 3.05) is 18.2 Å². The molecule has 2 amide bonds. The summed E-state index contributed by atoms with van der Waals surface area (Å²) in [5, 5.41) is 3.05. The average molecular weight is 364 g/mol. The number of nitrogens with one attached hydrogen (secondary N) is 1. The highest BCUT2D eigenvalue weighted by atomic mass is 35.5. The van der Waals surface area contributed by atoms with Gasteiger partial charge in [-0.1, -0.05) is 32.6 Å². The maximum Gasteiger partial charge on any atom is 0.243 e. The first-order chi connectivity index (χ1) is 10.7. The maximum atomic E-state index is 12.6. The Morgan fingerprint density at radius 1 is 1.35 bits per heavy atom. The molecule has 2 unspecified atom stereocenters. The predicted molar refractivity (Wildman–Crippen MR) is 97.7 cm³/mol. The molecule has 7 heteroatoms. The number of carbonyl (C=O) groups excluding carboxylic acids is 2. The molecule has 1 heterocycles. The van der Waals surface area contributed by atoms with Gasteiger partial charge in [0.25, 0.3) is 0 Å². The Morgan fingerprint density at radius 2 is 2.04 bits per heavy atom. The maximum absolute atomic E-state index is 12.6. The van der Waals surface area contributed by atoms with Crippen LogP contribution in [0.25, 0.3) is 0 Å². The van der Waals surface area contributed by atoms with Crippen LogP contribution in [0.15, 0.2) is 0 Å². The fourth-order valence-electron chi connectivity index (χ4n) is 3.28. The van der Waals surface area contributed by atoms with E-state index in [4.69, 9.17) is 5.73 Å². The lowest BCUT2D eigenvalue weighted by Gasteiger charge is -2.27. The van der Waals surface area contributed by atoms with Crippen LogP contribution >= 0.6 is 24.2 Å². The van der Waals surface area contributed by atoms with E-state index in [1.54, 1.807) is 16.7 Å². The second-order valence-electron chi connectivity index (χ2n) is 6.39. The SMILES string of the molecule is CCCCC(CN)NC(=O)C1CSCN1C(=O)C1CCCC1.Cl. The zero-order valence-corrected chi connectivity index (χ0v) is 15.6. The molecule has 2 aliphatic rings. The molecule has 0 radical (unpaired) electrons. The van der Waals surface area contributed by atoms with Gasteiger partial charge in [0, 0.05) is 24.3 Å². The smallest absolute Gasteiger partial charge is 0.243 e. The van der Waals surface area contributed by atoms with Crippen LogP contribution in [-0.4, -0.2) is 47.0 Å². The van der Waals surface area contributed by atoms with E-state index in [1.165, 1.54) is 0 Å². The summed E-state index contributed by atoms with van der Waals surface area (Å²) < 4.78 is 0. The van der Waals surface area contributed by atoms with Crippen molar-refractivity contribution >= 4 is 36.0 Å². The summed E-state index contributed by atoms with van der Waals surface area (Å²) in [6.45, 7) is 2.59. The highest BCUT2D eigenvalue weighted by Crippen LogP contribution is 2.30. The normalized spacial score (nSPS) is 22.7. The molecule has 1 aliphatic heterocycles. The number of halogens is 1. The number of carbonyl (C=O) groups is 2. The molecule has 0 spiro atoms. The van der Waals surface area contributed by atoms with Crippen molar-refractivity contribution in [1.29, 1.82) is 0 Å². The molecule has 0 aromatic heterocycles. The second-order valence-corrected chi connectivity index (χ2v) is 7.39. The Morgan fingerprint density at radius 3 is 2.65 bits per heavy atom. The van der Waals surface area contributed by atoms with E-state index < -0.39 is 0 Å². The third-order valence-electron chi connectivity index (χ3n) is 4.71. The van der Waals surface area contributed by atoms with E-state index in [0.29, 0.717) is 18.2 Å². The number of amides is 2. The molecule has 2 rings (SSSR count). The number of unbranched alkanes of at least 4 members (excludes halogenated alkanes) is 1. The third kappa shape index (κ3) is 5.54. The lowest BCUT2D eigenvalue weighted by molar-refractivity contribution is -0.141. The van der Waals surface area contributed by atoms with Gasteiger partial charge in [0.2, 0.25) is 11.8 Å². The van der Waals surface area contributed by atoms with Gasteiger partial charge in [-0.3, -0.25) is 9.59 Å². The molecule has 2 atom stereocenters. The van der Waals surface area contributed by atoms with Gasteiger partial charge in [0.05, 0.1) is 5.88 Å². The van der Waals surface area contributed by atoms with Crippen LogP contribution in [0.4, 0.5) is 0 Å². The minimum atomic E-state index is -0.311. The van der Waals surface area contributed by atoms with Crippen LogP contribution in [0.5, 0.6) is 0 Å². The standard InChI is InChI=1S/C16H29N3O2S.ClH/c1-2-3-8-13(9-17)18-15(20)14-10-22-11-19(14)16(21)12-6-4-5-7-12;/h12-14H,2-11,17H2,1H3,(H,18,20);1H. The highest BCUT2D eigenvalue weighted by Gasteiger charge is 2.38. The summed E-state index contributed by atoms with van der Waals surface area (Å²) in [7, 11) is 0. The number of nitrogens with two attached hydrogens (primary N) is 1. The van der Waals surface area contributed by atoms with E-state index in [9.17, 15) is 9.59 Å². The van der Waals surface area contributed by atoms with E-state index in [2.05, 4.69) is 12.2 Å². The Balaban J connectivity index is 0.00000264. The van der Waals surface area contributed by atoms with E-state index in [0.717, 1.165) is 44.9 Å². The van der Waals surface area contributed by atoms with Crippen LogP contribution in [0.2, 0.25) is 0 Å². The summed E-state index contributed by atoms with van der Waals surface area (Å²) in [6, 6.07) is -0.282. The van der Waals surface area contributed by atoms with Gasteiger partial charge in [-0.05, 0) is 19.3 Å². The average Bonchev–Trinajstić information content (AvgIpc) is 3.21. The van der Waals surface area contributed by atoms with Gasteiger partial charge in [-0.2, -0.15) is 0 Å². The minimum Gasteiger partial charge on any atom is -0.350 e. The lowest BCUT2D eigenvalue weighted by Crippen LogP contribution is -2.52. The van der Waals surface area contributed by atoms with Crippen LogP contribution in [0.1, 0.15) is 51.9 Å². The van der Waals surface area contributed by atoms with Crippen LogP contribution < -0.4 is 11.1 Å². The summed E-state index contributed by atoms with van der Waals surface area (Å²) in [5.41, 5.74) is 5.75. The zero-order chi connectivity index (χ0) is 15.9. The molecule has 134 valence electrons. The highest BCUT2D eigenvalue weighted by molar-refractivity contribution is 7.99. The van der Waals surface area contributed by atoms with E-state index >= 15 is 0 Å². The number of nitrogens with zero attached hydrogens (tertiary/aromatic N) is 1. The molecular formula is C16H30ClN3O2S. The number of thioether (sulfide) groups is 1. The fourth-order valence-corrected chi connectivity index (χ4v) is 4.45. The molecule has 0 aromatic rings. The molecule has 0 bridgehead atoms. The summed E-state index contributed by atoms with van der Waals surface area (Å²) in [6.07, 6.45) is 7.31. The summed E-state index contributed by atoms with van der Waals surface area (Å²) >= 11 is 1.67. The van der Waals surface area contributed by atoms with E-state index in [1.807, 2.05) is 0 Å². The van der Waals surface area contributed by atoms with Crippen molar-refractivity contribution < 1.29 is 9.59 Å². The van der Waals surface area contributed by atoms with Crippen molar-refractivity contribution in [3.8, 4) is 0 Å². The van der Waals surface area contributed by atoms with Gasteiger partial charge in [0.1, 0.15) is 6.04 Å². The topological polar surface area (TPSA) is 75.4 Å². The predicted octanol–water partition coefficient (Wildman–Crippen LogP) is 2.13. The number of hydrogen-bond acceptors (Lipinski definition) is 4. The van der Waals surface area contributed by atoms with Crippen LogP contribution in [0, 0.1) is 5.92 Å². The molecule has 1 saturated heterocycles. The largest absolute Gasteiger partial charge is 0.350 e. The molecule has 3 N–H and O–H groups in total. The van der Waals surface area contributed by atoms with Crippen molar-refractivity contribution in [2.24, 2.45) is 11.7 Å². The molecule has 1 saturated carbocycles. The van der Waals surface area contributed by atoms with Gasteiger partial charge >= 0.3 is 0 Å². The van der Waals surface area contributed by atoms with Crippen molar-refractivity contribution in [2.45, 2.75) is 64.0 Å². The first-order valence-electron chi connectivity index (χ1n) is 8.56. The molecule has 1 aliphatic carbocycles. The van der Waals surface area contributed by atoms with Crippen LogP contribution in [-0.2, 0) is 9.59 Å². The molecule has 5 nitrogen and oxygen atoms in total. The molecule has 0 aromatic carbocycles. The monoisotopic (exact) mass is 363 g/mol. The Hall–Kier alpha value is -0.460. The minimum absolute atomic E-state index is 0. The summed E-state index contributed by atoms with van der Waals surface area (Å²) in [4.78, 5) is 26.9. The lowest BCUT2D eigenvalue weighted by atomic mass is 10.1. The van der Waals surface area contributed by atoms with Crippen LogP contribution in [0.3, 0.4) is 0 Å². The van der Waals surface area contributed by atoms with Gasteiger partial charge in [0.15, 0.2) is 0 Å². The first kappa shape index (κ1) is 20.6. The zero-order valence-electron chi connectivity index (χ0n) is 14.0. The quantitative estimate of drug-likeness (QED) is 0.726. The van der Waals surface area contributed by atoms with Gasteiger partial charge in [-0.25, -0.2) is 0 Å². The Bertz CT molecular complexity index is 392. The molecule has 2 fully saturated rings. The van der Waals surface area contributed by atoms with E-state index in [-0.39, 0.29) is 42.2 Å². The fraction of sp³-hybridized carbons (Fsp3) is 0.875. The Labute approximate surface area is 149 Å². The molecule has 23 heavy (non-hydrogen) atoms. The Kier molecular flexibility index (Phi) is 9.32. The third-order valence-corrected chi connectivity index (χ3v) is 5.72. The summed E-state index contributed by atoms with van der Waals surface area (Å²) in [5.74, 6) is 1.65. The molecular weight excluding hydrogens is 334 g/mol. The van der Waals surface area contributed by atoms with Crippen molar-refractivity contribution in [1.82, 2.24) is 10.2 Å². The second kappa shape index (κ2) is 10.4. The van der Waals surface area contributed by atoms with Crippen molar-refractivity contribution in [3.63, 3.8) is 0 Å². The van der Waals surface area contributed by atoms with Gasteiger partial charge in [-0.15, -0.1) is 24.2 Å². The number of rotatable bonds is 7. The number of hydrogen-bond donors (Lipinski definition) is 2.